The molecule has 2 atom stereocenters. The molecule has 0 amide bonds. The molecule has 2 aliphatic rings. The molecule has 1 spiro atoms. The smallest absolute Gasteiger partial charge is 0.219 e. The second kappa shape index (κ2) is 5.10. The molecule has 2 aliphatic heterocycles. The molecule has 2 rings (SSSR count). The topological polar surface area (TPSA) is 18.5 Å². The SMILES string of the molecule is CC1CC2(OCCCS1)OCCCS2. The van der Waals surface area contributed by atoms with E-state index in [2.05, 4.69) is 6.92 Å². The summed E-state index contributed by atoms with van der Waals surface area (Å²) in [5.74, 6) is 2.40. The van der Waals surface area contributed by atoms with Gasteiger partial charge >= 0.3 is 0 Å². The second-order valence-corrected chi connectivity index (χ2v) is 6.69. The summed E-state index contributed by atoms with van der Waals surface area (Å²) in [6.45, 7) is 4.00. The Morgan fingerprint density at radius 1 is 1.14 bits per heavy atom. The van der Waals surface area contributed by atoms with Gasteiger partial charge in [-0.15, -0.1) is 0 Å². The lowest BCUT2D eigenvalue weighted by atomic mass is 10.3. The Hall–Kier alpha value is 0.620. The Bertz CT molecular complexity index is 181. The molecule has 0 N–H and O–H groups in total. The highest BCUT2D eigenvalue weighted by Gasteiger charge is 2.37. The van der Waals surface area contributed by atoms with Gasteiger partial charge in [-0.25, -0.2) is 0 Å². The molecule has 0 aromatic rings. The lowest BCUT2D eigenvalue weighted by molar-refractivity contribution is -0.178. The molecule has 0 saturated carbocycles. The zero-order chi connectivity index (χ0) is 9.86. The van der Waals surface area contributed by atoms with Crippen LogP contribution in [0.15, 0.2) is 0 Å². The summed E-state index contributed by atoms with van der Waals surface area (Å²) in [5, 5.41) is 0.353. The molecule has 0 aliphatic carbocycles. The van der Waals surface area contributed by atoms with Gasteiger partial charge in [-0.1, -0.05) is 18.7 Å². The van der Waals surface area contributed by atoms with Crippen LogP contribution in [0.5, 0.6) is 0 Å². The third-order valence-electron chi connectivity index (χ3n) is 2.48. The van der Waals surface area contributed by atoms with Crippen molar-refractivity contribution in [2.45, 2.75) is 36.6 Å². The largest absolute Gasteiger partial charge is 0.341 e. The molecular formula is C10H18O2S2. The normalized spacial score (nSPS) is 40.5. The van der Waals surface area contributed by atoms with E-state index in [1.54, 1.807) is 0 Å². The fourth-order valence-corrected chi connectivity index (χ4v) is 4.20. The molecule has 0 aromatic heterocycles. The van der Waals surface area contributed by atoms with Crippen LogP contribution in [0.1, 0.15) is 26.2 Å². The molecule has 2 fully saturated rings. The van der Waals surface area contributed by atoms with Gasteiger partial charge in [0.2, 0.25) is 5.12 Å². The lowest BCUT2D eigenvalue weighted by Crippen LogP contribution is -2.40. The van der Waals surface area contributed by atoms with Crippen LogP contribution in [0.3, 0.4) is 0 Å². The number of rotatable bonds is 0. The summed E-state index contributed by atoms with van der Waals surface area (Å²) >= 11 is 3.90. The number of hydrogen-bond donors (Lipinski definition) is 0. The van der Waals surface area contributed by atoms with Crippen LogP contribution < -0.4 is 0 Å². The van der Waals surface area contributed by atoms with E-state index in [0.717, 1.165) is 32.5 Å². The van der Waals surface area contributed by atoms with Crippen LogP contribution in [0.2, 0.25) is 0 Å². The number of thioether (sulfide) groups is 2. The van der Waals surface area contributed by atoms with E-state index in [1.165, 1.54) is 11.5 Å². The van der Waals surface area contributed by atoms with Crippen molar-refractivity contribution in [2.75, 3.05) is 24.7 Å². The van der Waals surface area contributed by atoms with Gasteiger partial charge < -0.3 is 9.47 Å². The average molecular weight is 234 g/mol. The van der Waals surface area contributed by atoms with Gasteiger partial charge in [-0.05, 0) is 18.6 Å². The maximum absolute atomic E-state index is 5.91. The average Bonchev–Trinajstić information content (AvgIpc) is 2.16. The van der Waals surface area contributed by atoms with E-state index in [4.69, 9.17) is 9.47 Å². The summed E-state index contributed by atoms with van der Waals surface area (Å²) in [6.07, 6.45) is 3.35. The van der Waals surface area contributed by atoms with Crippen molar-refractivity contribution in [2.24, 2.45) is 0 Å². The quantitative estimate of drug-likeness (QED) is 0.641. The van der Waals surface area contributed by atoms with E-state index in [9.17, 15) is 0 Å². The van der Waals surface area contributed by atoms with Crippen LogP contribution in [0, 0.1) is 0 Å². The maximum Gasteiger partial charge on any atom is 0.219 e. The molecule has 0 bridgehead atoms. The molecule has 2 heterocycles. The van der Waals surface area contributed by atoms with Crippen molar-refractivity contribution in [3.8, 4) is 0 Å². The Kier molecular flexibility index (Phi) is 4.05. The highest BCUT2D eigenvalue weighted by atomic mass is 32.2. The highest BCUT2D eigenvalue weighted by molar-refractivity contribution is 8.01. The van der Waals surface area contributed by atoms with E-state index in [-0.39, 0.29) is 5.12 Å². The maximum atomic E-state index is 5.91. The standard InChI is InChI=1S/C10H18O2S2/c1-9-8-10(11-4-2-6-13-9)12-5-3-7-14-10/h9H,2-8H2,1H3. The minimum absolute atomic E-state index is 0.301. The highest BCUT2D eigenvalue weighted by Crippen LogP contribution is 2.40. The van der Waals surface area contributed by atoms with Crippen LogP contribution in [0.4, 0.5) is 0 Å². The number of hydrogen-bond acceptors (Lipinski definition) is 4. The Labute approximate surface area is 94.5 Å². The molecular weight excluding hydrogens is 216 g/mol. The van der Waals surface area contributed by atoms with Crippen molar-refractivity contribution >= 4 is 23.5 Å². The molecule has 0 radical (unpaired) electrons. The molecule has 2 unspecified atom stereocenters. The Balaban J connectivity index is 1.98. The van der Waals surface area contributed by atoms with Crippen LogP contribution in [0.25, 0.3) is 0 Å². The van der Waals surface area contributed by atoms with Gasteiger partial charge in [-0.2, -0.15) is 11.8 Å². The van der Waals surface area contributed by atoms with Crippen molar-refractivity contribution in [1.82, 2.24) is 0 Å². The molecule has 2 nitrogen and oxygen atoms in total. The molecule has 2 saturated heterocycles. The minimum Gasteiger partial charge on any atom is -0.341 e. The first-order valence-electron chi connectivity index (χ1n) is 5.34. The molecule has 4 heteroatoms. The summed E-state index contributed by atoms with van der Waals surface area (Å²) in [5.41, 5.74) is 0. The first kappa shape index (κ1) is 11.1. The van der Waals surface area contributed by atoms with Gasteiger partial charge in [0.1, 0.15) is 0 Å². The van der Waals surface area contributed by atoms with E-state index >= 15 is 0 Å². The van der Waals surface area contributed by atoms with Gasteiger partial charge in [0.25, 0.3) is 0 Å². The zero-order valence-electron chi connectivity index (χ0n) is 8.66. The van der Waals surface area contributed by atoms with Gasteiger partial charge in [-0.3, -0.25) is 0 Å². The second-order valence-electron chi connectivity index (χ2n) is 3.82. The van der Waals surface area contributed by atoms with Crippen molar-refractivity contribution in [3.63, 3.8) is 0 Å². The van der Waals surface area contributed by atoms with Gasteiger partial charge in [0.05, 0.1) is 13.2 Å². The number of ether oxygens (including phenoxy) is 2. The fourth-order valence-electron chi connectivity index (χ4n) is 1.80. The van der Waals surface area contributed by atoms with Crippen LogP contribution >= 0.6 is 23.5 Å². The summed E-state index contributed by atoms with van der Waals surface area (Å²) in [6, 6.07) is 0. The first-order valence-corrected chi connectivity index (χ1v) is 7.38. The van der Waals surface area contributed by atoms with E-state index in [1.807, 2.05) is 23.5 Å². The molecule has 82 valence electrons. The van der Waals surface area contributed by atoms with Crippen molar-refractivity contribution < 1.29 is 9.47 Å². The van der Waals surface area contributed by atoms with E-state index < -0.39 is 0 Å². The minimum atomic E-state index is -0.301. The van der Waals surface area contributed by atoms with Crippen LogP contribution in [-0.4, -0.2) is 35.1 Å². The monoisotopic (exact) mass is 234 g/mol. The van der Waals surface area contributed by atoms with Crippen molar-refractivity contribution in [1.29, 1.82) is 0 Å². The van der Waals surface area contributed by atoms with Crippen molar-refractivity contribution in [3.05, 3.63) is 0 Å². The van der Waals surface area contributed by atoms with E-state index in [0.29, 0.717) is 5.25 Å². The molecule has 14 heavy (non-hydrogen) atoms. The molecule has 0 aromatic carbocycles. The summed E-state index contributed by atoms with van der Waals surface area (Å²) in [7, 11) is 0. The third kappa shape index (κ3) is 2.81. The zero-order valence-corrected chi connectivity index (χ0v) is 10.3. The Morgan fingerprint density at radius 2 is 1.86 bits per heavy atom. The van der Waals surface area contributed by atoms with Gasteiger partial charge in [0.15, 0.2) is 0 Å². The summed E-state index contributed by atoms with van der Waals surface area (Å²) in [4.78, 5) is 0. The first-order chi connectivity index (χ1) is 6.81. The summed E-state index contributed by atoms with van der Waals surface area (Å²) < 4.78 is 11.7. The third-order valence-corrected chi connectivity index (χ3v) is 5.08. The fraction of sp³-hybridized carbons (Fsp3) is 1.00. The Morgan fingerprint density at radius 3 is 2.57 bits per heavy atom. The lowest BCUT2D eigenvalue weighted by Gasteiger charge is -2.39. The van der Waals surface area contributed by atoms with Crippen LogP contribution in [-0.2, 0) is 9.47 Å². The predicted octanol–water partition coefficient (Wildman–Crippen LogP) is 2.73. The predicted molar refractivity (Wildman–Crippen MR) is 62.9 cm³/mol. The van der Waals surface area contributed by atoms with Gasteiger partial charge in [0, 0.05) is 17.4 Å².